The van der Waals surface area contributed by atoms with Crippen LogP contribution in [0.5, 0.6) is 0 Å². The quantitative estimate of drug-likeness (QED) is 0.447. The van der Waals surface area contributed by atoms with E-state index in [9.17, 15) is 0 Å². The molecule has 0 spiro atoms. The van der Waals surface area contributed by atoms with Crippen molar-refractivity contribution in [1.82, 2.24) is 9.71 Å². The number of nitrogens with one attached hydrogen (secondary N) is 1. The van der Waals surface area contributed by atoms with Crippen molar-refractivity contribution in [2.24, 2.45) is 0 Å². The highest BCUT2D eigenvalue weighted by atomic mass is 16.5. The van der Waals surface area contributed by atoms with E-state index in [-0.39, 0.29) is 5.49 Å². The molecule has 1 aromatic rings. The molecule has 0 radical (unpaired) electrons. The summed E-state index contributed by atoms with van der Waals surface area (Å²) in [5.41, 5.74) is -0.0208. The average molecular weight is 111 g/mol. The van der Waals surface area contributed by atoms with Crippen molar-refractivity contribution in [2.45, 2.75) is 0 Å². The van der Waals surface area contributed by atoms with Crippen LogP contribution in [0, 0.1) is 5.41 Å². The number of aromatic nitrogens is 2. The molecule has 42 valence electrons. The van der Waals surface area contributed by atoms with Crippen LogP contribution < -0.4 is 5.49 Å². The maximum atomic E-state index is 8.61. The number of hydrogen-bond acceptors (Lipinski definition) is 3. The molecule has 0 aliphatic heterocycles. The van der Waals surface area contributed by atoms with Crippen molar-refractivity contribution in [3.63, 3.8) is 0 Å². The first-order valence-corrected chi connectivity index (χ1v) is 2.07. The molecule has 0 unspecified atom stereocenters. The lowest BCUT2D eigenvalue weighted by molar-refractivity contribution is 0.169. The molecule has 4 nitrogen and oxygen atoms in total. The van der Waals surface area contributed by atoms with Gasteiger partial charge < -0.3 is 5.21 Å². The van der Waals surface area contributed by atoms with Crippen molar-refractivity contribution in [1.29, 1.82) is 5.41 Å². The molecule has 1 aromatic heterocycles. The van der Waals surface area contributed by atoms with Crippen LogP contribution in [0.15, 0.2) is 18.6 Å². The van der Waals surface area contributed by atoms with Crippen LogP contribution >= 0.6 is 0 Å². The highest BCUT2D eigenvalue weighted by Crippen LogP contribution is 1.65. The van der Waals surface area contributed by atoms with Gasteiger partial charge in [0.15, 0.2) is 5.49 Å². The summed E-state index contributed by atoms with van der Waals surface area (Å²) in [5.74, 6) is 0. The molecule has 0 amide bonds. The fourth-order valence-corrected chi connectivity index (χ4v) is 0.355. The lowest BCUT2D eigenvalue weighted by Crippen LogP contribution is -2.15. The molecular formula is C4H5N3O. The Balaban J connectivity index is 3.35. The zero-order chi connectivity index (χ0) is 5.98. The largest absolute Gasteiger partial charge is 0.427 e. The second-order valence-electron chi connectivity index (χ2n) is 1.31. The van der Waals surface area contributed by atoms with E-state index in [1.54, 1.807) is 0 Å². The van der Waals surface area contributed by atoms with Gasteiger partial charge in [-0.15, -0.1) is 0 Å². The van der Waals surface area contributed by atoms with E-state index in [0.29, 0.717) is 4.73 Å². The summed E-state index contributed by atoms with van der Waals surface area (Å²) in [5, 5.41) is 15.5. The van der Waals surface area contributed by atoms with Gasteiger partial charge in [0.2, 0.25) is 0 Å². The molecule has 1 heterocycles. The highest BCUT2D eigenvalue weighted by molar-refractivity contribution is 4.72. The Bertz CT molecular complexity index is 229. The number of hydrogen-bond donors (Lipinski definition) is 2. The van der Waals surface area contributed by atoms with E-state index in [0.717, 1.165) is 0 Å². The summed E-state index contributed by atoms with van der Waals surface area (Å²) in [7, 11) is 0. The third-order valence-electron chi connectivity index (χ3n) is 0.738. The molecule has 0 saturated heterocycles. The van der Waals surface area contributed by atoms with E-state index < -0.39 is 0 Å². The third kappa shape index (κ3) is 0.676. The highest BCUT2D eigenvalue weighted by Gasteiger charge is 1.79. The minimum Gasteiger partial charge on any atom is -0.427 e. The first-order valence-electron chi connectivity index (χ1n) is 2.07. The van der Waals surface area contributed by atoms with Gasteiger partial charge in [0.1, 0.15) is 0 Å². The van der Waals surface area contributed by atoms with Gasteiger partial charge in [-0.1, -0.05) is 0 Å². The summed E-state index contributed by atoms with van der Waals surface area (Å²) in [6, 6.07) is 0. The standard InChI is InChI=1S/C4H5N3O/c5-4-3-6-1-2-7(4)8/h1-3,5,8H. The van der Waals surface area contributed by atoms with Crippen molar-refractivity contribution in [2.75, 3.05) is 0 Å². The van der Waals surface area contributed by atoms with Gasteiger partial charge in [-0.25, -0.2) is 0 Å². The SMILES string of the molecule is N=c1cnccn1O. The van der Waals surface area contributed by atoms with Crippen LogP contribution in [0.1, 0.15) is 0 Å². The summed E-state index contributed by atoms with van der Waals surface area (Å²) in [6.07, 6.45) is 3.94. The lowest BCUT2D eigenvalue weighted by Gasteiger charge is -1.90. The zero-order valence-electron chi connectivity index (χ0n) is 4.07. The van der Waals surface area contributed by atoms with E-state index in [2.05, 4.69) is 4.98 Å². The van der Waals surface area contributed by atoms with Crippen LogP contribution in [0.2, 0.25) is 0 Å². The first kappa shape index (κ1) is 4.83. The fraction of sp³-hybridized carbons (Fsp3) is 0. The minimum absolute atomic E-state index is 0.0208. The van der Waals surface area contributed by atoms with Gasteiger partial charge in [-0.2, -0.15) is 4.73 Å². The van der Waals surface area contributed by atoms with Crippen LogP contribution in [0.4, 0.5) is 0 Å². The molecule has 4 heteroatoms. The lowest BCUT2D eigenvalue weighted by atomic mass is 10.7. The van der Waals surface area contributed by atoms with Crippen LogP contribution in [0.25, 0.3) is 0 Å². The second-order valence-corrected chi connectivity index (χ2v) is 1.31. The van der Waals surface area contributed by atoms with Crippen LogP contribution in [-0.2, 0) is 0 Å². The van der Waals surface area contributed by atoms with E-state index in [4.69, 9.17) is 10.6 Å². The minimum atomic E-state index is -0.0208. The molecule has 8 heavy (non-hydrogen) atoms. The van der Waals surface area contributed by atoms with Crippen molar-refractivity contribution in [3.05, 3.63) is 24.1 Å². The summed E-state index contributed by atoms with van der Waals surface area (Å²) in [4.78, 5) is 3.58. The summed E-state index contributed by atoms with van der Waals surface area (Å²) < 4.78 is 0.688. The molecule has 2 N–H and O–H groups in total. The molecule has 0 bridgehead atoms. The molecule has 0 aromatic carbocycles. The maximum Gasteiger partial charge on any atom is 0.179 e. The van der Waals surface area contributed by atoms with Crippen LogP contribution in [-0.4, -0.2) is 14.9 Å². The maximum absolute atomic E-state index is 8.61. The molecule has 1 rings (SSSR count). The Morgan fingerprint density at radius 3 is 2.88 bits per heavy atom. The molecule has 0 fully saturated rings. The van der Waals surface area contributed by atoms with Crippen molar-refractivity contribution < 1.29 is 5.21 Å². The van der Waals surface area contributed by atoms with Gasteiger partial charge in [-0.3, -0.25) is 10.4 Å². The topological polar surface area (TPSA) is 61.9 Å². The molecule has 0 atom stereocenters. The fourth-order valence-electron chi connectivity index (χ4n) is 0.355. The predicted molar refractivity (Wildman–Crippen MR) is 25.3 cm³/mol. The first-order chi connectivity index (χ1) is 3.80. The monoisotopic (exact) mass is 111 g/mol. The second kappa shape index (κ2) is 1.65. The summed E-state index contributed by atoms with van der Waals surface area (Å²) >= 11 is 0. The Labute approximate surface area is 45.5 Å². The summed E-state index contributed by atoms with van der Waals surface area (Å²) in [6.45, 7) is 0. The van der Waals surface area contributed by atoms with E-state index in [1.165, 1.54) is 18.6 Å². The number of nitrogens with zero attached hydrogens (tertiary/aromatic N) is 2. The smallest absolute Gasteiger partial charge is 0.179 e. The normalized spacial score (nSPS) is 9.00. The molecular weight excluding hydrogens is 106 g/mol. The van der Waals surface area contributed by atoms with Gasteiger partial charge in [0, 0.05) is 6.20 Å². The molecule has 0 aliphatic carbocycles. The Kier molecular flexibility index (Phi) is 0.997. The molecule has 0 aliphatic rings. The average Bonchev–Trinajstić information content (AvgIpc) is 1.77. The Morgan fingerprint density at radius 1 is 1.75 bits per heavy atom. The van der Waals surface area contributed by atoms with Crippen molar-refractivity contribution in [3.8, 4) is 0 Å². The van der Waals surface area contributed by atoms with Gasteiger partial charge in [-0.05, 0) is 0 Å². The van der Waals surface area contributed by atoms with Gasteiger partial charge >= 0.3 is 0 Å². The van der Waals surface area contributed by atoms with Crippen molar-refractivity contribution >= 4 is 0 Å². The predicted octanol–water partition coefficient (Wildman–Crippen LogP) is -0.400. The number of rotatable bonds is 0. The zero-order valence-corrected chi connectivity index (χ0v) is 4.07. The Morgan fingerprint density at radius 2 is 2.50 bits per heavy atom. The van der Waals surface area contributed by atoms with E-state index in [1.807, 2.05) is 0 Å². The van der Waals surface area contributed by atoms with E-state index >= 15 is 0 Å². The van der Waals surface area contributed by atoms with Crippen LogP contribution in [0.3, 0.4) is 0 Å². The van der Waals surface area contributed by atoms with Gasteiger partial charge in [0.05, 0.1) is 12.4 Å². The third-order valence-corrected chi connectivity index (χ3v) is 0.738. The Hall–Kier alpha value is -1.32. The molecule has 0 saturated carbocycles. The van der Waals surface area contributed by atoms with Gasteiger partial charge in [0.25, 0.3) is 0 Å².